The number of anilines is 2. The molecule has 1 aromatic heterocycles. The fraction of sp³-hybridized carbons (Fsp3) is 0.261. The molecule has 0 amide bonds. The summed E-state index contributed by atoms with van der Waals surface area (Å²) >= 11 is 0. The van der Waals surface area contributed by atoms with Gasteiger partial charge in [-0.15, -0.1) is 0 Å². The monoisotopic (exact) mass is 429 g/mol. The zero-order valence-corrected chi connectivity index (χ0v) is 16.6. The molecule has 8 heteroatoms. The molecule has 2 heterocycles. The van der Waals surface area contributed by atoms with E-state index in [1.807, 2.05) is 42.5 Å². The minimum absolute atomic E-state index is 0.127. The predicted octanol–water partition coefficient (Wildman–Crippen LogP) is 4.50. The Balaban J connectivity index is 1.47. The average Bonchev–Trinajstić information content (AvgIpc) is 3.21. The molecule has 1 saturated heterocycles. The van der Waals surface area contributed by atoms with Crippen molar-refractivity contribution in [3.05, 3.63) is 71.9 Å². The van der Waals surface area contributed by atoms with Crippen molar-refractivity contribution in [3.8, 4) is 17.0 Å². The third kappa shape index (κ3) is 4.59. The van der Waals surface area contributed by atoms with Crippen molar-refractivity contribution in [1.29, 1.82) is 0 Å². The van der Waals surface area contributed by atoms with Gasteiger partial charge in [-0.05, 0) is 29.8 Å². The Kier molecular flexibility index (Phi) is 5.73. The van der Waals surface area contributed by atoms with E-state index in [0.29, 0.717) is 25.2 Å². The maximum atomic E-state index is 12.7. The number of pyridine rings is 1. The Morgan fingerprint density at radius 2 is 1.94 bits per heavy atom. The van der Waals surface area contributed by atoms with E-state index in [1.54, 1.807) is 0 Å². The highest BCUT2D eigenvalue weighted by atomic mass is 19.4. The van der Waals surface area contributed by atoms with Gasteiger partial charge in [0.15, 0.2) is 0 Å². The van der Waals surface area contributed by atoms with Crippen molar-refractivity contribution in [2.24, 2.45) is 0 Å². The molecular weight excluding hydrogens is 407 g/mol. The number of benzene rings is 2. The summed E-state index contributed by atoms with van der Waals surface area (Å²) in [4.78, 5) is 5.88. The standard InChI is InChI=1S/C23H22F3N3O2/c24-23(25,26)17-6-8-22(28-12-17)31-18-9-10-29(13-18)21-7-5-15(11-16(21)14-30)19-3-1-2-4-20(19)27/h1-8,11-12,18,30H,9-10,13-14,27H2/t18-/m0/s1. The van der Waals surface area contributed by atoms with E-state index < -0.39 is 11.7 Å². The molecule has 3 aromatic rings. The van der Waals surface area contributed by atoms with Crippen molar-refractivity contribution in [2.75, 3.05) is 23.7 Å². The molecule has 0 aliphatic carbocycles. The van der Waals surface area contributed by atoms with Crippen molar-refractivity contribution in [1.82, 2.24) is 4.98 Å². The lowest BCUT2D eigenvalue weighted by molar-refractivity contribution is -0.137. The zero-order valence-electron chi connectivity index (χ0n) is 16.6. The molecular formula is C23H22F3N3O2. The van der Waals surface area contributed by atoms with Crippen LogP contribution in [0.2, 0.25) is 0 Å². The summed E-state index contributed by atoms with van der Waals surface area (Å²) in [5.41, 5.74) is 9.42. The van der Waals surface area contributed by atoms with Crippen LogP contribution in [-0.2, 0) is 12.8 Å². The lowest BCUT2D eigenvalue weighted by Crippen LogP contribution is -2.25. The molecule has 0 spiro atoms. The van der Waals surface area contributed by atoms with Gasteiger partial charge in [0.2, 0.25) is 5.88 Å². The van der Waals surface area contributed by atoms with Crippen LogP contribution in [0.15, 0.2) is 60.8 Å². The number of aromatic nitrogens is 1. The minimum Gasteiger partial charge on any atom is -0.472 e. The van der Waals surface area contributed by atoms with Crippen molar-refractivity contribution in [3.63, 3.8) is 0 Å². The van der Waals surface area contributed by atoms with Crippen LogP contribution >= 0.6 is 0 Å². The van der Waals surface area contributed by atoms with Crippen LogP contribution in [-0.4, -0.2) is 29.3 Å². The summed E-state index contributed by atoms with van der Waals surface area (Å²) < 4.78 is 43.8. The third-order valence-electron chi connectivity index (χ3n) is 5.36. The zero-order chi connectivity index (χ0) is 22.0. The van der Waals surface area contributed by atoms with Gasteiger partial charge in [0.25, 0.3) is 0 Å². The molecule has 1 aliphatic rings. The predicted molar refractivity (Wildman–Crippen MR) is 113 cm³/mol. The smallest absolute Gasteiger partial charge is 0.417 e. The van der Waals surface area contributed by atoms with Crippen molar-refractivity contribution in [2.45, 2.75) is 25.3 Å². The first-order chi connectivity index (χ1) is 14.8. The van der Waals surface area contributed by atoms with E-state index in [0.717, 1.165) is 34.6 Å². The molecule has 0 bridgehead atoms. The molecule has 5 nitrogen and oxygen atoms in total. The number of nitrogens with zero attached hydrogens (tertiary/aromatic N) is 2. The van der Waals surface area contributed by atoms with Crippen LogP contribution < -0.4 is 15.4 Å². The Labute approximate surface area is 177 Å². The quantitative estimate of drug-likeness (QED) is 0.585. The summed E-state index contributed by atoms with van der Waals surface area (Å²) in [6.07, 6.45) is -3.16. The number of hydrogen-bond acceptors (Lipinski definition) is 5. The fourth-order valence-electron chi connectivity index (χ4n) is 3.78. The van der Waals surface area contributed by atoms with Gasteiger partial charge in [0.05, 0.1) is 18.7 Å². The summed E-state index contributed by atoms with van der Waals surface area (Å²) in [6, 6.07) is 15.6. The number of rotatable bonds is 5. The van der Waals surface area contributed by atoms with E-state index >= 15 is 0 Å². The lowest BCUT2D eigenvalue weighted by Gasteiger charge is -2.22. The number of hydrogen-bond donors (Lipinski definition) is 2. The Morgan fingerprint density at radius 3 is 2.61 bits per heavy atom. The summed E-state index contributed by atoms with van der Waals surface area (Å²) in [5, 5.41) is 9.92. The highest BCUT2D eigenvalue weighted by Gasteiger charge is 2.31. The molecule has 3 N–H and O–H groups in total. The van der Waals surface area contributed by atoms with Gasteiger partial charge >= 0.3 is 6.18 Å². The minimum atomic E-state index is -4.42. The number of alkyl halides is 3. The maximum absolute atomic E-state index is 12.7. The Bertz CT molecular complexity index is 1050. The second-order valence-electron chi connectivity index (χ2n) is 7.45. The van der Waals surface area contributed by atoms with E-state index in [4.69, 9.17) is 10.5 Å². The largest absolute Gasteiger partial charge is 0.472 e. The van der Waals surface area contributed by atoms with Crippen LogP contribution in [0.1, 0.15) is 17.5 Å². The van der Waals surface area contributed by atoms with E-state index in [9.17, 15) is 18.3 Å². The molecule has 0 saturated carbocycles. The average molecular weight is 429 g/mol. The number of nitrogen functional groups attached to an aromatic ring is 1. The van der Waals surface area contributed by atoms with Crippen LogP contribution in [0.5, 0.6) is 5.88 Å². The van der Waals surface area contributed by atoms with Gasteiger partial charge in [0.1, 0.15) is 6.10 Å². The normalized spacial score (nSPS) is 16.5. The van der Waals surface area contributed by atoms with Gasteiger partial charge in [-0.2, -0.15) is 13.2 Å². The molecule has 2 aromatic carbocycles. The second-order valence-corrected chi connectivity index (χ2v) is 7.45. The van der Waals surface area contributed by atoms with Gasteiger partial charge in [-0.1, -0.05) is 24.3 Å². The van der Waals surface area contributed by atoms with E-state index in [2.05, 4.69) is 9.88 Å². The number of halogens is 3. The summed E-state index contributed by atoms with van der Waals surface area (Å²) in [7, 11) is 0. The summed E-state index contributed by atoms with van der Waals surface area (Å²) in [6.45, 7) is 1.12. The number of ether oxygens (including phenoxy) is 1. The Morgan fingerprint density at radius 1 is 1.13 bits per heavy atom. The highest BCUT2D eigenvalue weighted by molar-refractivity contribution is 5.78. The Hall–Kier alpha value is -3.26. The molecule has 31 heavy (non-hydrogen) atoms. The topological polar surface area (TPSA) is 71.6 Å². The SMILES string of the molecule is Nc1ccccc1-c1ccc(N2CC[C@H](Oc3ccc(C(F)(F)F)cn3)C2)c(CO)c1. The van der Waals surface area contributed by atoms with Crippen LogP contribution in [0, 0.1) is 0 Å². The molecule has 4 rings (SSSR count). The second kappa shape index (κ2) is 8.47. The molecule has 162 valence electrons. The van der Waals surface area contributed by atoms with Gasteiger partial charge in [-0.25, -0.2) is 4.98 Å². The number of nitrogens with two attached hydrogens (primary N) is 1. The van der Waals surface area contributed by atoms with Crippen molar-refractivity contribution < 1.29 is 23.0 Å². The molecule has 0 unspecified atom stereocenters. The first-order valence-electron chi connectivity index (χ1n) is 9.88. The lowest BCUT2D eigenvalue weighted by atomic mass is 10.00. The van der Waals surface area contributed by atoms with Crippen LogP contribution in [0.4, 0.5) is 24.5 Å². The number of aliphatic hydroxyl groups excluding tert-OH is 1. The van der Waals surface area contributed by atoms with Gasteiger partial charge in [-0.3, -0.25) is 0 Å². The van der Waals surface area contributed by atoms with Crippen LogP contribution in [0.25, 0.3) is 11.1 Å². The fourth-order valence-corrected chi connectivity index (χ4v) is 3.78. The van der Waals surface area contributed by atoms with Gasteiger partial charge < -0.3 is 20.5 Å². The number of para-hydroxylation sites is 1. The highest BCUT2D eigenvalue weighted by Crippen LogP contribution is 2.33. The first-order valence-corrected chi connectivity index (χ1v) is 9.88. The maximum Gasteiger partial charge on any atom is 0.417 e. The number of aliphatic hydroxyl groups is 1. The first kappa shape index (κ1) is 21.0. The summed E-state index contributed by atoms with van der Waals surface area (Å²) in [5.74, 6) is 0.164. The van der Waals surface area contributed by atoms with Crippen molar-refractivity contribution >= 4 is 11.4 Å². The third-order valence-corrected chi connectivity index (χ3v) is 5.36. The van der Waals surface area contributed by atoms with Gasteiger partial charge in [0, 0.05) is 47.7 Å². The van der Waals surface area contributed by atoms with E-state index in [-0.39, 0.29) is 18.6 Å². The molecule has 0 radical (unpaired) electrons. The molecule has 1 atom stereocenters. The molecule has 1 aliphatic heterocycles. The molecule has 1 fully saturated rings. The van der Waals surface area contributed by atoms with E-state index in [1.165, 1.54) is 6.07 Å². The van der Waals surface area contributed by atoms with Crippen LogP contribution in [0.3, 0.4) is 0 Å².